The first kappa shape index (κ1) is 9.06. The van der Waals surface area contributed by atoms with E-state index in [2.05, 4.69) is 11.6 Å². The van der Waals surface area contributed by atoms with Gasteiger partial charge in [0.05, 0.1) is 17.9 Å². The van der Waals surface area contributed by atoms with Crippen molar-refractivity contribution in [3.63, 3.8) is 0 Å². The average molecular weight is 190 g/mol. The first-order valence-corrected chi connectivity index (χ1v) is 4.82. The Kier molecular flexibility index (Phi) is 2.39. The Labute approximate surface area is 83.3 Å². The second-order valence-electron chi connectivity index (χ2n) is 3.49. The monoisotopic (exact) mass is 190 g/mol. The predicted octanol–water partition coefficient (Wildman–Crippen LogP) is 1.88. The van der Waals surface area contributed by atoms with Crippen molar-refractivity contribution in [1.82, 2.24) is 0 Å². The average Bonchev–Trinajstić information content (AvgIpc) is 2.57. The van der Waals surface area contributed by atoms with E-state index in [0.29, 0.717) is 5.84 Å². The normalized spacial score (nSPS) is 20.9. The summed E-state index contributed by atoms with van der Waals surface area (Å²) in [6.45, 7) is 3.71. The van der Waals surface area contributed by atoms with Crippen LogP contribution in [0.15, 0.2) is 34.4 Å². The van der Waals surface area contributed by atoms with Crippen molar-refractivity contribution in [1.29, 1.82) is 0 Å². The molecule has 74 valence electrons. The Balaban J connectivity index is 2.27. The molecule has 14 heavy (non-hydrogen) atoms. The number of hydrogen-bond donors (Lipinski definition) is 1. The number of nitrogens with two attached hydrogens (primary N) is 1. The fraction of sp³-hybridized carbons (Fsp3) is 0.364. The van der Waals surface area contributed by atoms with Crippen LogP contribution < -0.4 is 5.73 Å². The Morgan fingerprint density at radius 2 is 2.57 bits per heavy atom. The number of amidine groups is 1. The summed E-state index contributed by atoms with van der Waals surface area (Å²) in [6, 6.07) is 2.14. The van der Waals surface area contributed by atoms with E-state index >= 15 is 0 Å². The molecular weight excluding hydrogens is 176 g/mol. The van der Waals surface area contributed by atoms with E-state index in [1.807, 2.05) is 12.1 Å². The highest BCUT2D eigenvalue weighted by Gasteiger charge is 2.17. The van der Waals surface area contributed by atoms with E-state index in [1.165, 1.54) is 0 Å². The molecule has 1 aromatic rings. The van der Waals surface area contributed by atoms with E-state index in [4.69, 9.17) is 10.2 Å². The minimum Gasteiger partial charge on any atom is -0.469 e. The Hall–Kier alpha value is -1.51. The van der Waals surface area contributed by atoms with Crippen molar-refractivity contribution in [2.24, 2.45) is 10.7 Å². The van der Waals surface area contributed by atoms with Gasteiger partial charge in [0, 0.05) is 6.42 Å². The molecule has 2 heterocycles. The summed E-state index contributed by atoms with van der Waals surface area (Å²) in [5.41, 5.74) is 6.82. The summed E-state index contributed by atoms with van der Waals surface area (Å²) in [5.74, 6) is 1.55. The molecule has 1 aliphatic rings. The summed E-state index contributed by atoms with van der Waals surface area (Å²) >= 11 is 0. The fourth-order valence-electron chi connectivity index (χ4n) is 1.75. The van der Waals surface area contributed by atoms with Crippen LogP contribution in [0.5, 0.6) is 0 Å². The van der Waals surface area contributed by atoms with Gasteiger partial charge in [-0.25, -0.2) is 0 Å². The van der Waals surface area contributed by atoms with Gasteiger partial charge in [-0.3, -0.25) is 4.99 Å². The third kappa shape index (κ3) is 1.58. The van der Waals surface area contributed by atoms with Crippen LogP contribution >= 0.6 is 0 Å². The molecule has 0 spiro atoms. The van der Waals surface area contributed by atoms with Crippen molar-refractivity contribution in [2.45, 2.75) is 25.3 Å². The molecular formula is C11H14N2O. The number of aryl methyl sites for hydroxylation is 1. The quantitative estimate of drug-likeness (QED) is 0.724. The van der Waals surface area contributed by atoms with Crippen LogP contribution in [0.25, 0.3) is 0 Å². The maximum atomic E-state index is 5.87. The van der Waals surface area contributed by atoms with Gasteiger partial charge in [-0.05, 0) is 18.9 Å². The molecule has 1 unspecified atom stereocenters. The molecule has 0 bridgehead atoms. The van der Waals surface area contributed by atoms with Crippen LogP contribution in [-0.4, -0.2) is 11.9 Å². The van der Waals surface area contributed by atoms with Crippen molar-refractivity contribution >= 4 is 5.84 Å². The largest absolute Gasteiger partial charge is 0.469 e. The van der Waals surface area contributed by atoms with Gasteiger partial charge >= 0.3 is 0 Å². The highest BCUT2D eigenvalue weighted by molar-refractivity contribution is 5.98. The standard InChI is InChI=1S/C11H14N2O/c1-2-3-8-4-5-10-9(6-7-14-10)11(12)13-8/h2,6-8H,1,3-5H2,(H2,12,13). The molecule has 0 saturated carbocycles. The molecule has 1 atom stereocenters. The minimum atomic E-state index is 0.259. The summed E-state index contributed by atoms with van der Waals surface area (Å²) in [6.07, 6.45) is 6.32. The van der Waals surface area contributed by atoms with Crippen molar-refractivity contribution in [3.8, 4) is 0 Å². The van der Waals surface area contributed by atoms with Crippen LogP contribution in [-0.2, 0) is 6.42 Å². The predicted molar refractivity (Wildman–Crippen MR) is 56.4 cm³/mol. The molecule has 1 aliphatic heterocycles. The van der Waals surface area contributed by atoms with Crippen molar-refractivity contribution in [3.05, 3.63) is 36.3 Å². The van der Waals surface area contributed by atoms with Gasteiger partial charge in [0.1, 0.15) is 11.6 Å². The molecule has 0 aromatic carbocycles. The van der Waals surface area contributed by atoms with Gasteiger partial charge in [0.25, 0.3) is 0 Å². The summed E-state index contributed by atoms with van der Waals surface area (Å²) in [5, 5.41) is 0. The van der Waals surface area contributed by atoms with E-state index in [-0.39, 0.29) is 6.04 Å². The molecule has 0 saturated heterocycles. The van der Waals surface area contributed by atoms with Crippen LogP contribution in [0.4, 0.5) is 0 Å². The second kappa shape index (κ2) is 3.70. The number of rotatable bonds is 2. The molecule has 0 fully saturated rings. The number of nitrogens with zero attached hydrogens (tertiary/aromatic N) is 1. The molecule has 1 aromatic heterocycles. The zero-order chi connectivity index (χ0) is 9.97. The van der Waals surface area contributed by atoms with Gasteiger partial charge < -0.3 is 10.2 Å². The molecule has 3 nitrogen and oxygen atoms in total. The molecule has 3 heteroatoms. The molecule has 2 rings (SSSR count). The van der Waals surface area contributed by atoms with Crippen LogP contribution in [0, 0.1) is 0 Å². The van der Waals surface area contributed by atoms with Crippen LogP contribution in [0.2, 0.25) is 0 Å². The maximum Gasteiger partial charge on any atom is 0.129 e. The van der Waals surface area contributed by atoms with E-state index < -0.39 is 0 Å². The van der Waals surface area contributed by atoms with Gasteiger partial charge in [-0.15, -0.1) is 6.58 Å². The number of aliphatic imine (C=N–C) groups is 1. The van der Waals surface area contributed by atoms with Gasteiger partial charge in [0.2, 0.25) is 0 Å². The lowest BCUT2D eigenvalue weighted by molar-refractivity contribution is 0.489. The summed E-state index contributed by atoms with van der Waals surface area (Å²) in [7, 11) is 0. The van der Waals surface area contributed by atoms with Gasteiger partial charge in [0.15, 0.2) is 0 Å². The summed E-state index contributed by atoms with van der Waals surface area (Å²) in [4.78, 5) is 4.44. The van der Waals surface area contributed by atoms with Gasteiger partial charge in [-0.2, -0.15) is 0 Å². The van der Waals surface area contributed by atoms with Crippen LogP contribution in [0.3, 0.4) is 0 Å². The van der Waals surface area contributed by atoms with Crippen LogP contribution in [0.1, 0.15) is 24.2 Å². The molecule has 0 aliphatic carbocycles. The lowest BCUT2D eigenvalue weighted by Crippen LogP contribution is -2.15. The zero-order valence-corrected chi connectivity index (χ0v) is 8.07. The van der Waals surface area contributed by atoms with E-state index in [0.717, 1.165) is 30.6 Å². The third-order valence-corrected chi connectivity index (χ3v) is 2.49. The number of furan rings is 1. The highest BCUT2D eigenvalue weighted by Crippen LogP contribution is 2.20. The minimum absolute atomic E-state index is 0.259. The molecule has 2 N–H and O–H groups in total. The number of hydrogen-bond acceptors (Lipinski definition) is 3. The lowest BCUT2D eigenvalue weighted by atomic mass is 10.1. The first-order valence-electron chi connectivity index (χ1n) is 4.82. The maximum absolute atomic E-state index is 5.87. The molecule has 0 radical (unpaired) electrons. The topological polar surface area (TPSA) is 51.5 Å². The number of fused-ring (bicyclic) bond motifs is 1. The van der Waals surface area contributed by atoms with Crippen molar-refractivity contribution < 1.29 is 4.42 Å². The lowest BCUT2D eigenvalue weighted by Gasteiger charge is -2.06. The Morgan fingerprint density at radius 3 is 3.36 bits per heavy atom. The second-order valence-corrected chi connectivity index (χ2v) is 3.49. The highest BCUT2D eigenvalue weighted by atomic mass is 16.3. The zero-order valence-electron chi connectivity index (χ0n) is 8.07. The summed E-state index contributed by atoms with van der Waals surface area (Å²) < 4.78 is 5.35. The van der Waals surface area contributed by atoms with E-state index in [9.17, 15) is 0 Å². The molecule has 0 amide bonds. The Bertz CT molecular complexity index is 365. The van der Waals surface area contributed by atoms with E-state index in [1.54, 1.807) is 6.26 Å². The first-order chi connectivity index (χ1) is 6.81. The third-order valence-electron chi connectivity index (χ3n) is 2.49. The SMILES string of the molecule is C=CCC1CCc2occc2C(N)=N1. The fourth-order valence-corrected chi connectivity index (χ4v) is 1.75. The Morgan fingerprint density at radius 1 is 1.71 bits per heavy atom. The van der Waals surface area contributed by atoms with Crippen molar-refractivity contribution in [2.75, 3.05) is 0 Å². The smallest absolute Gasteiger partial charge is 0.129 e. The van der Waals surface area contributed by atoms with Gasteiger partial charge in [-0.1, -0.05) is 6.08 Å².